The summed E-state index contributed by atoms with van der Waals surface area (Å²) >= 11 is 0. The highest BCUT2D eigenvalue weighted by Crippen LogP contribution is 2.19. The maximum absolute atomic E-state index is 5.36. The Morgan fingerprint density at radius 3 is 2.89 bits per heavy atom. The summed E-state index contributed by atoms with van der Waals surface area (Å²) in [5, 5.41) is 3.36. The fourth-order valence-corrected chi connectivity index (χ4v) is 2.42. The SMILES string of the molecule is CCOc1cc(NCCC2CCN(C)CC2)ncn1. The van der Waals surface area contributed by atoms with E-state index in [2.05, 4.69) is 27.2 Å². The van der Waals surface area contributed by atoms with Crippen molar-refractivity contribution in [2.75, 3.05) is 38.6 Å². The molecule has 1 aliphatic rings. The maximum Gasteiger partial charge on any atom is 0.218 e. The van der Waals surface area contributed by atoms with Crippen LogP contribution in [0.5, 0.6) is 5.88 Å². The predicted octanol–water partition coefficient (Wildman–Crippen LogP) is 2.02. The van der Waals surface area contributed by atoms with Crippen LogP contribution in [-0.2, 0) is 0 Å². The summed E-state index contributed by atoms with van der Waals surface area (Å²) in [7, 11) is 2.20. The fourth-order valence-electron chi connectivity index (χ4n) is 2.42. The van der Waals surface area contributed by atoms with E-state index in [1.54, 1.807) is 6.33 Å². The molecule has 0 bridgehead atoms. The molecule has 1 aliphatic heterocycles. The van der Waals surface area contributed by atoms with E-state index in [9.17, 15) is 0 Å². The van der Waals surface area contributed by atoms with Gasteiger partial charge in [-0.3, -0.25) is 0 Å². The van der Waals surface area contributed by atoms with Gasteiger partial charge in [0, 0.05) is 12.6 Å². The number of rotatable bonds is 6. The van der Waals surface area contributed by atoms with Crippen LogP contribution in [0.1, 0.15) is 26.2 Å². The zero-order chi connectivity index (χ0) is 13.5. The van der Waals surface area contributed by atoms with E-state index < -0.39 is 0 Å². The van der Waals surface area contributed by atoms with Crippen molar-refractivity contribution in [3.05, 3.63) is 12.4 Å². The van der Waals surface area contributed by atoms with Crippen molar-refractivity contribution in [2.24, 2.45) is 5.92 Å². The lowest BCUT2D eigenvalue weighted by molar-refractivity contribution is 0.215. The number of anilines is 1. The Bertz CT molecular complexity index is 377. The first kappa shape index (κ1) is 14.1. The second-order valence-corrected chi connectivity index (χ2v) is 5.14. The van der Waals surface area contributed by atoms with E-state index in [0.29, 0.717) is 12.5 Å². The maximum atomic E-state index is 5.36. The average Bonchev–Trinajstić information content (AvgIpc) is 2.42. The lowest BCUT2D eigenvalue weighted by Gasteiger charge is -2.28. The number of aromatic nitrogens is 2. The van der Waals surface area contributed by atoms with Gasteiger partial charge in [-0.15, -0.1) is 0 Å². The Morgan fingerprint density at radius 1 is 1.37 bits per heavy atom. The van der Waals surface area contributed by atoms with Gasteiger partial charge in [0.1, 0.15) is 12.1 Å². The number of hydrogen-bond acceptors (Lipinski definition) is 5. The van der Waals surface area contributed by atoms with Gasteiger partial charge < -0.3 is 15.0 Å². The molecule has 1 aromatic rings. The summed E-state index contributed by atoms with van der Waals surface area (Å²) in [5.41, 5.74) is 0. The average molecular weight is 264 g/mol. The minimum absolute atomic E-state index is 0.631. The Balaban J connectivity index is 1.71. The summed E-state index contributed by atoms with van der Waals surface area (Å²) in [5.74, 6) is 2.34. The monoisotopic (exact) mass is 264 g/mol. The van der Waals surface area contributed by atoms with E-state index in [4.69, 9.17) is 4.74 Å². The molecular formula is C14H24N4O. The van der Waals surface area contributed by atoms with E-state index in [0.717, 1.165) is 18.3 Å². The molecule has 0 saturated carbocycles. The number of nitrogens with zero attached hydrogens (tertiary/aromatic N) is 3. The summed E-state index contributed by atoms with van der Waals surface area (Å²) in [6.07, 6.45) is 5.38. The van der Waals surface area contributed by atoms with Crippen molar-refractivity contribution in [1.29, 1.82) is 0 Å². The van der Waals surface area contributed by atoms with E-state index in [1.807, 2.05) is 13.0 Å². The van der Waals surface area contributed by atoms with Gasteiger partial charge >= 0.3 is 0 Å². The molecule has 0 aliphatic carbocycles. The molecule has 0 amide bonds. The molecule has 0 unspecified atom stereocenters. The van der Waals surface area contributed by atoms with Crippen LogP contribution in [0.15, 0.2) is 12.4 Å². The predicted molar refractivity (Wildman–Crippen MR) is 76.5 cm³/mol. The Morgan fingerprint density at radius 2 is 2.16 bits per heavy atom. The summed E-state index contributed by atoms with van der Waals surface area (Å²) in [4.78, 5) is 10.7. The Kier molecular flexibility index (Phi) is 5.39. The first-order valence-corrected chi connectivity index (χ1v) is 7.15. The molecule has 19 heavy (non-hydrogen) atoms. The summed E-state index contributed by atoms with van der Waals surface area (Å²) in [6, 6.07) is 1.86. The zero-order valence-electron chi connectivity index (χ0n) is 11.9. The second kappa shape index (κ2) is 7.28. The molecule has 1 N–H and O–H groups in total. The highest BCUT2D eigenvalue weighted by Gasteiger charge is 2.15. The smallest absolute Gasteiger partial charge is 0.218 e. The number of ether oxygens (including phenoxy) is 1. The summed E-state index contributed by atoms with van der Waals surface area (Å²) in [6.45, 7) is 6.01. The molecular weight excluding hydrogens is 240 g/mol. The van der Waals surface area contributed by atoms with Crippen molar-refractivity contribution in [3.63, 3.8) is 0 Å². The van der Waals surface area contributed by atoms with Gasteiger partial charge in [0.2, 0.25) is 5.88 Å². The number of hydrogen-bond donors (Lipinski definition) is 1. The standard InChI is InChI=1S/C14H24N4O/c1-3-19-14-10-13(16-11-17-14)15-7-4-12-5-8-18(2)9-6-12/h10-12H,3-9H2,1-2H3,(H,15,16,17). The van der Waals surface area contributed by atoms with Gasteiger partial charge in [0.15, 0.2) is 0 Å². The molecule has 5 nitrogen and oxygen atoms in total. The number of nitrogens with one attached hydrogen (secondary N) is 1. The lowest BCUT2D eigenvalue weighted by Crippen LogP contribution is -2.30. The van der Waals surface area contributed by atoms with Crippen molar-refractivity contribution in [3.8, 4) is 5.88 Å². The fraction of sp³-hybridized carbons (Fsp3) is 0.714. The van der Waals surface area contributed by atoms with Gasteiger partial charge in [0.05, 0.1) is 6.61 Å². The Hall–Kier alpha value is -1.36. The van der Waals surface area contributed by atoms with Crippen molar-refractivity contribution in [2.45, 2.75) is 26.2 Å². The zero-order valence-corrected chi connectivity index (χ0v) is 11.9. The first-order chi connectivity index (χ1) is 9.28. The molecule has 106 valence electrons. The van der Waals surface area contributed by atoms with Crippen LogP contribution in [0.3, 0.4) is 0 Å². The molecule has 2 heterocycles. The van der Waals surface area contributed by atoms with Crippen molar-refractivity contribution in [1.82, 2.24) is 14.9 Å². The van der Waals surface area contributed by atoms with Crippen molar-refractivity contribution >= 4 is 5.82 Å². The van der Waals surface area contributed by atoms with Crippen LogP contribution in [0.4, 0.5) is 5.82 Å². The van der Waals surface area contributed by atoms with Crippen LogP contribution in [0.25, 0.3) is 0 Å². The molecule has 0 spiro atoms. The quantitative estimate of drug-likeness (QED) is 0.852. The van der Waals surface area contributed by atoms with E-state index >= 15 is 0 Å². The topological polar surface area (TPSA) is 50.3 Å². The lowest BCUT2D eigenvalue weighted by atomic mass is 9.94. The number of piperidine rings is 1. The van der Waals surface area contributed by atoms with E-state index in [1.165, 1.54) is 32.4 Å². The third-order valence-electron chi connectivity index (χ3n) is 3.63. The summed E-state index contributed by atoms with van der Waals surface area (Å²) < 4.78 is 5.36. The van der Waals surface area contributed by atoms with Crippen LogP contribution in [-0.4, -0.2) is 48.2 Å². The highest BCUT2D eigenvalue weighted by atomic mass is 16.5. The van der Waals surface area contributed by atoms with Crippen LogP contribution >= 0.6 is 0 Å². The molecule has 1 fully saturated rings. The molecule has 0 aromatic carbocycles. The number of likely N-dealkylation sites (tertiary alicyclic amines) is 1. The van der Waals surface area contributed by atoms with Gasteiger partial charge in [-0.05, 0) is 52.2 Å². The molecule has 5 heteroatoms. The normalized spacial score (nSPS) is 17.4. The Labute approximate surface area is 115 Å². The largest absolute Gasteiger partial charge is 0.478 e. The highest BCUT2D eigenvalue weighted by molar-refractivity contribution is 5.36. The third kappa shape index (κ3) is 4.67. The van der Waals surface area contributed by atoms with Crippen LogP contribution in [0, 0.1) is 5.92 Å². The molecule has 0 radical (unpaired) electrons. The molecule has 1 aromatic heterocycles. The van der Waals surface area contributed by atoms with Gasteiger partial charge in [-0.2, -0.15) is 0 Å². The first-order valence-electron chi connectivity index (χ1n) is 7.15. The van der Waals surface area contributed by atoms with E-state index in [-0.39, 0.29) is 0 Å². The molecule has 2 rings (SSSR count). The van der Waals surface area contributed by atoms with Crippen LogP contribution < -0.4 is 10.1 Å². The molecule has 1 saturated heterocycles. The minimum Gasteiger partial charge on any atom is -0.478 e. The minimum atomic E-state index is 0.631. The van der Waals surface area contributed by atoms with Gasteiger partial charge in [0.25, 0.3) is 0 Å². The van der Waals surface area contributed by atoms with Gasteiger partial charge in [-0.25, -0.2) is 9.97 Å². The molecule has 0 atom stereocenters. The van der Waals surface area contributed by atoms with Gasteiger partial charge in [-0.1, -0.05) is 0 Å². The van der Waals surface area contributed by atoms with Crippen molar-refractivity contribution < 1.29 is 4.74 Å². The second-order valence-electron chi connectivity index (χ2n) is 5.14. The van der Waals surface area contributed by atoms with Crippen LogP contribution in [0.2, 0.25) is 0 Å². The third-order valence-corrected chi connectivity index (χ3v) is 3.63.